The molecule has 1 atom stereocenters. The molecule has 1 saturated heterocycles. The van der Waals surface area contributed by atoms with Gasteiger partial charge in [-0.1, -0.05) is 0 Å². The maximum absolute atomic E-state index is 12.0. The lowest BCUT2D eigenvalue weighted by atomic mass is 10.2. The predicted molar refractivity (Wildman–Crippen MR) is 68.1 cm³/mol. The Morgan fingerprint density at radius 2 is 2.15 bits per heavy atom. The molecule has 2 amide bonds. The zero-order valence-electron chi connectivity index (χ0n) is 10.6. The molecule has 7 nitrogen and oxygen atoms in total. The zero-order valence-corrected chi connectivity index (χ0v) is 10.6. The molecule has 3 rings (SSSR count). The second kappa shape index (κ2) is 4.16. The molecule has 0 saturated carbocycles. The van der Waals surface area contributed by atoms with E-state index in [0.717, 1.165) is 4.90 Å². The first-order chi connectivity index (χ1) is 9.49. The number of aromatic carboxylic acids is 1. The lowest BCUT2D eigenvalue weighted by molar-refractivity contribution is -0.137. The van der Waals surface area contributed by atoms with Gasteiger partial charge in [-0.2, -0.15) is 0 Å². The van der Waals surface area contributed by atoms with E-state index >= 15 is 0 Å². The molecule has 1 fully saturated rings. The topological polar surface area (TPSA) is 92.5 Å². The van der Waals surface area contributed by atoms with E-state index in [4.69, 9.17) is 5.11 Å². The van der Waals surface area contributed by atoms with E-state index in [9.17, 15) is 14.4 Å². The van der Waals surface area contributed by atoms with Gasteiger partial charge in [0, 0.05) is 7.05 Å². The minimum atomic E-state index is -1.03. The summed E-state index contributed by atoms with van der Waals surface area (Å²) < 4.78 is 1.62. The molecule has 20 heavy (non-hydrogen) atoms. The molecule has 1 aromatic heterocycles. The quantitative estimate of drug-likeness (QED) is 0.811. The van der Waals surface area contributed by atoms with E-state index in [0.29, 0.717) is 11.0 Å². The number of fused-ring (bicyclic) bond motifs is 1. The molecule has 1 unspecified atom stereocenters. The molecule has 1 aromatic carbocycles. The van der Waals surface area contributed by atoms with Crippen molar-refractivity contribution in [2.45, 2.75) is 12.5 Å². The van der Waals surface area contributed by atoms with E-state index in [1.54, 1.807) is 10.6 Å². The number of rotatable bonds is 2. The molecule has 0 bridgehead atoms. The Hall–Kier alpha value is -2.70. The van der Waals surface area contributed by atoms with Crippen LogP contribution in [0.4, 0.5) is 0 Å². The summed E-state index contributed by atoms with van der Waals surface area (Å²) in [5.41, 5.74) is 1.25. The zero-order chi connectivity index (χ0) is 14.4. The third-order valence-electron chi connectivity index (χ3n) is 3.52. The van der Waals surface area contributed by atoms with E-state index in [2.05, 4.69) is 4.98 Å². The first-order valence-corrected chi connectivity index (χ1v) is 5.99. The highest BCUT2D eigenvalue weighted by atomic mass is 16.4. The van der Waals surface area contributed by atoms with Crippen molar-refractivity contribution in [1.82, 2.24) is 14.5 Å². The van der Waals surface area contributed by atoms with Crippen LogP contribution in [-0.2, 0) is 9.59 Å². The molecule has 2 aromatic rings. The van der Waals surface area contributed by atoms with Crippen LogP contribution in [-0.4, -0.2) is 44.4 Å². The van der Waals surface area contributed by atoms with Gasteiger partial charge in [0.15, 0.2) is 0 Å². The van der Waals surface area contributed by atoms with E-state index < -0.39 is 12.0 Å². The number of benzene rings is 1. The second-order valence-electron chi connectivity index (χ2n) is 4.67. The summed E-state index contributed by atoms with van der Waals surface area (Å²) in [6, 6.07) is 3.89. The van der Waals surface area contributed by atoms with Gasteiger partial charge < -0.3 is 9.67 Å². The van der Waals surface area contributed by atoms with Crippen LogP contribution in [0.3, 0.4) is 0 Å². The first-order valence-electron chi connectivity index (χ1n) is 5.99. The molecule has 1 aliphatic heterocycles. The van der Waals surface area contributed by atoms with Crippen molar-refractivity contribution < 1.29 is 19.5 Å². The number of hydrogen-bond acceptors (Lipinski definition) is 4. The van der Waals surface area contributed by atoms with Gasteiger partial charge in [-0.15, -0.1) is 0 Å². The third kappa shape index (κ3) is 1.67. The molecular formula is C13H11N3O4. The average molecular weight is 273 g/mol. The molecule has 1 N–H and O–H groups in total. The van der Waals surface area contributed by atoms with Gasteiger partial charge in [0.1, 0.15) is 6.04 Å². The van der Waals surface area contributed by atoms with Crippen molar-refractivity contribution in [3.8, 4) is 0 Å². The summed E-state index contributed by atoms with van der Waals surface area (Å²) in [5, 5.41) is 8.93. The smallest absolute Gasteiger partial charge is 0.335 e. The lowest BCUT2D eigenvalue weighted by Gasteiger charge is -2.11. The number of aromatic nitrogens is 2. The van der Waals surface area contributed by atoms with Crippen molar-refractivity contribution >= 4 is 28.8 Å². The third-order valence-corrected chi connectivity index (χ3v) is 3.52. The lowest BCUT2D eigenvalue weighted by Crippen LogP contribution is -2.26. The number of nitrogens with zero attached hydrogens (tertiary/aromatic N) is 3. The number of carboxylic acid groups (broad SMARTS) is 1. The van der Waals surface area contributed by atoms with Crippen LogP contribution in [0.1, 0.15) is 22.8 Å². The van der Waals surface area contributed by atoms with Gasteiger partial charge in [-0.05, 0) is 18.2 Å². The van der Waals surface area contributed by atoms with Gasteiger partial charge >= 0.3 is 5.97 Å². The predicted octanol–water partition coefficient (Wildman–Crippen LogP) is 0.664. The Bertz CT molecular complexity index is 749. The summed E-state index contributed by atoms with van der Waals surface area (Å²) in [4.78, 5) is 39.7. The molecule has 2 heterocycles. The number of carboxylic acids is 1. The van der Waals surface area contributed by atoms with Crippen LogP contribution < -0.4 is 0 Å². The Morgan fingerprint density at radius 3 is 2.75 bits per heavy atom. The van der Waals surface area contributed by atoms with Crippen LogP contribution >= 0.6 is 0 Å². The number of amides is 2. The van der Waals surface area contributed by atoms with Crippen molar-refractivity contribution in [2.24, 2.45) is 0 Å². The Balaban J connectivity index is 2.08. The standard InChI is InChI=1S/C13H11N3O4/c1-15-11(17)5-10(12(15)18)16-6-14-8-4-7(13(19)20)2-3-9(8)16/h2-4,6,10H,5H2,1H3,(H,19,20). The summed E-state index contributed by atoms with van der Waals surface area (Å²) in [5.74, 6) is -1.55. The highest BCUT2D eigenvalue weighted by Gasteiger charge is 2.37. The molecule has 7 heteroatoms. The number of carbonyl (C=O) groups excluding carboxylic acids is 2. The first kappa shape index (κ1) is 12.3. The minimum absolute atomic E-state index is 0.0987. The Labute approximate surface area is 113 Å². The van der Waals surface area contributed by atoms with Crippen LogP contribution in [0.2, 0.25) is 0 Å². The van der Waals surface area contributed by atoms with E-state index in [-0.39, 0.29) is 23.8 Å². The molecule has 0 radical (unpaired) electrons. The van der Waals surface area contributed by atoms with Crippen molar-refractivity contribution in [3.63, 3.8) is 0 Å². The van der Waals surface area contributed by atoms with E-state index in [1.807, 2.05) is 0 Å². The van der Waals surface area contributed by atoms with Crippen LogP contribution in [0.15, 0.2) is 24.5 Å². The monoisotopic (exact) mass is 273 g/mol. The Kier molecular flexibility index (Phi) is 2.56. The number of likely N-dealkylation sites (tertiary alicyclic amines) is 1. The summed E-state index contributed by atoms with van der Waals surface area (Å²) in [7, 11) is 1.45. The van der Waals surface area contributed by atoms with Gasteiger partial charge in [-0.3, -0.25) is 14.5 Å². The fourth-order valence-corrected chi connectivity index (χ4v) is 2.37. The number of imidazole rings is 1. The fraction of sp³-hybridized carbons (Fsp3) is 0.231. The highest BCUT2D eigenvalue weighted by Crippen LogP contribution is 2.27. The number of imide groups is 1. The molecule has 1 aliphatic rings. The van der Waals surface area contributed by atoms with Gasteiger partial charge in [0.25, 0.3) is 5.91 Å². The average Bonchev–Trinajstić information content (AvgIpc) is 2.94. The van der Waals surface area contributed by atoms with Gasteiger partial charge in [-0.25, -0.2) is 9.78 Å². The summed E-state index contributed by atoms with van der Waals surface area (Å²) in [6.45, 7) is 0. The summed E-state index contributed by atoms with van der Waals surface area (Å²) in [6.07, 6.45) is 1.56. The Morgan fingerprint density at radius 1 is 1.40 bits per heavy atom. The van der Waals surface area contributed by atoms with Crippen LogP contribution in [0.5, 0.6) is 0 Å². The molecular weight excluding hydrogens is 262 g/mol. The van der Waals surface area contributed by atoms with Gasteiger partial charge in [0.05, 0.1) is 29.3 Å². The molecule has 102 valence electrons. The van der Waals surface area contributed by atoms with Crippen LogP contribution in [0.25, 0.3) is 11.0 Å². The van der Waals surface area contributed by atoms with Crippen molar-refractivity contribution in [1.29, 1.82) is 0 Å². The second-order valence-corrected chi connectivity index (χ2v) is 4.67. The number of carbonyl (C=O) groups is 3. The maximum atomic E-state index is 12.0. The fourth-order valence-electron chi connectivity index (χ4n) is 2.37. The number of likely N-dealkylation sites (N-methyl/N-ethyl adjacent to an activating group) is 1. The summed E-state index contributed by atoms with van der Waals surface area (Å²) >= 11 is 0. The van der Waals surface area contributed by atoms with Crippen molar-refractivity contribution in [3.05, 3.63) is 30.1 Å². The minimum Gasteiger partial charge on any atom is -0.478 e. The highest BCUT2D eigenvalue weighted by molar-refractivity contribution is 6.05. The van der Waals surface area contributed by atoms with E-state index in [1.165, 1.54) is 25.5 Å². The number of hydrogen-bond donors (Lipinski definition) is 1. The van der Waals surface area contributed by atoms with Crippen molar-refractivity contribution in [2.75, 3.05) is 7.05 Å². The maximum Gasteiger partial charge on any atom is 0.335 e. The largest absolute Gasteiger partial charge is 0.478 e. The molecule has 0 spiro atoms. The normalized spacial score (nSPS) is 19.1. The van der Waals surface area contributed by atoms with Gasteiger partial charge in [0.2, 0.25) is 5.91 Å². The SMILES string of the molecule is CN1C(=O)CC(n2cnc3cc(C(=O)O)ccc32)C1=O. The molecule has 0 aliphatic carbocycles. The van der Waals surface area contributed by atoms with Crippen LogP contribution in [0, 0.1) is 0 Å².